The summed E-state index contributed by atoms with van der Waals surface area (Å²) < 4.78 is 5.90. The van der Waals surface area contributed by atoms with Crippen LogP contribution >= 0.6 is 0 Å². The summed E-state index contributed by atoms with van der Waals surface area (Å²) in [6.07, 6.45) is 0. The fourth-order valence-electron chi connectivity index (χ4n) is 3.39. The van der Waals surface area contributed by atoms with Crippen LogP contribution in [0.25, 0.3) is 22.3 Å². The summed E-state index contributed by atoms with van der Waals surface area (Å²) in [5.41, 5.74) is 0.391. The van der Waals surface area contributed by atoms with Crippen molar-refractivity contribution in [3.05, 3.63) is 100 Å². The van der Waals surface area contributed by atoms with E-state index >= 15 is 0 Å². The van der Waals surface area contributed by atoms with E-state index in [1.807, 2.05) is 0 Å². The molecule has 0 saturated carbocycles. The number of ether oxygens (including phenoxy) is 1. The molecule has 0 unspecified atom stereocenters. The van der Waals surface area contributed by atoms with Gasteiger partial charge >= 0.3 is 5.97 Å². The second kappa shape index (κ2) is 8.73. The minimum absolute atomic E-state index is 0.0168. The number of fused-ring (bicyclic) bond motifs is 1. The van der Waals surface area contributed by atoms with Gasteiger partial charge in [0.1, 0.15) is 5.52 Å². The number of amides is 1. The third-order valence-corrected chi connectivity index (χ3v) is 4.85. The number of anilines is 1. The Hall–Kier alpha value is -4.46. The molecule has 8 nitrogen and oxygen atoms in total. The summed E-state index contributed by atoms with van der Waals surface area (Å²) in [5.74, 6) is -1.38. The normalized spacial score (nSPS) is 10.7. The Morgan fingerprint density at radius 2 is 1.66 bits per heavy atom. The van der Waals surface area contributed by atoms with Gasteiger partial charge in [-0.25, -0.2) is 4.79 Å². The average molecular weight is 429 g/mol. The highest BCUT2D eigenvalue weighted by Gasteiger charge is 2.29. The Bertz CT molecular complexity index is 1370. The van der Waals surface area contributed by atoms with Gasteiger partial charge in [0, 0.05) is 16.7 Å². The van der Waals surface area contributed by atoms with E-state index in [-0.39, 0.29) is 34.6 Å². The maximum Gasteiger partial charge on any atom is 0.338 e. The molecule has 0 fully saturated rings. The molecule has 0 aliphatic heterocycles. The van der Waals surface area contributed by atoms with Crippen molar-refractivity contribution in [1.82, 2.24) is 4.73 Å². The molecule has 1 amide bonds. The van der Waals surface area contributed by atoms with Crippen LogP contribution in [0.3, 0.4) is 0 Å². The molecule has 3 aromatic carbocycles. The molecule has 0 spiro atoms. The minimum Gasteiger partial charge on any atom is -0.805 e. The number of esters is 1. The third-order valence-electron chi connectivity index (χ3n) is 4.85. The minimum atomic E-state index is -0.752. The van der Waals surface area contributed by atoms with E-state index in [1.165, 1.54) is 18.2 Å². The number of nitrogens with one attached hydrogen (secondary N) is 1. The highest BCUT2D eigenvalue weighted by Crippen LogP contribution is 2.25. The fourth-order valence-corrected chi connectivity index (χ4v) is 3.39. The smallest absolute Gasteiger partial charge is 0.338 e. The molecule has 0 saturated heterocycles. The summed E-state index contributed by atoms with van der Waals surface area (Å²) in [6.45, 7) is 1.82. The van der Waals surface area contributed by atoms with Crippen molar-refractivity contribution in [2.45, 2.75) is 6.92 Å². The van der Waals surface area contributed by atoms with Crippen LogP contribution in [0.4, 0.5) is 5.69 Å². The van der Waals surface area contributed by atoms with E-state index in [0.717, 1.165) is 0 Å². The summed E-state index contributed by atoms with van der Waals surface area (Å²) in [7, 11) is 0. The molecule has 160 valence electrons. The van der Waals surface area contributed by atoms with Gasteiger partial charge in [-0.15, -0.1) is 0 Å². The zero-order valence-electron chi connectivity index (χ0n) is 17.1. The number of hydrogen-bond donors (Lipinski definition) is 1. The SMILES string of the molecule is CCOC(=O)c1ccc2c(c1)n([O-])c(C(=O)Nc1ccccc1)c(-c1ccccc1)[n+]2=O. The zero-order chi connectivity index (χ0) is 22.7. The largest absolute Gasteiger partial charge is 0.805 e. The lowest BCUT2D eigenvalue weighted by Crippen LogP contribution is -2.30. The van der Waals surface area contributed by atoms with Crippen LogP contribution in [0.1, 0.15) is 27.8 Å². The molecule has 0 atom stereocenters. The molecule has 0 radical (unpaired) electrons. The van der Waals surface area contributed by atoms with E-state index in [0.29, 0.717) is 20.4 Å². The van der Waals surface area contributed by atoms with E-state index in [9.17, 15) is 19.7 Å². The number of para-hydroxylation sites is 1. The van der Waals surface area contributed by atoms with Crippen LogP contribution < -0.4 is 9.74 Å². The van der Waals surface area contributed by atoms with Crippen LogP contribution in [0.2, 0.25) is 0 Å². The molecular weight excluding hydrogens is 410 g/mol. The van der Waals surface area contributed by atoms with Crippen molar-refractivity contribution in [3.63, 3.8) is 0 Å². The Labute approximate surface area is 182 Å². The summed E-state index contributed by atoms with van der Waals surface area (Å²) in [4.78, 5) is 38.6. The van der Waals surface area contributed by atoms with Crippen molar-refractivity contribution >= 4 is 28.6 Å². The average Bonchev–Trinajstić information content (AvgIpc) is 2.82. The first kappa shape index (κ1) is 20.8. The number of benzene rings is 3. The molecular formula is C24H19N3O5. The summed E-state index contributed by atoms with van der Waals surface area (Å²) >= 11 is 0. The molecule has 1 heterocycles. The molecule has 4 rings (SSSR count). The van der Waals surface area contributed by atoms with E-state index in [1.54, 1.807) is 67.6 Å². The predicted octanol–water partition coefficient (Wildman–Crippen LogP) is 4.00. The number of hydrogen-bond acceptors (Lipinski definition) is 5. The second-order valence-corrected chi connectivity index (χ2v) is 6.90. The van der Waals surface area contributed by atoms with Crippen molar-refractivity contribution in [1.29, 1.82) is 0 Å². The molecule has 8 heteroatoms. The number of carbonyl (C=O) groups is 2. The standard InChI is InChI=1S/C24H19N3O5/c1-2-32-24(29)17-13-14-19-20(15-17)27(31)22(23(28)25-18-11-7-4-8-12-18)21(26(19)30)16-9-5-3-6-10-16/h3-15H,2H2,1H3,(H,25,28). The zero-order valence-corrected chi connectivity index (χ0v) is 17.1. The summed E-state index contributed by atoms with van der Waals surface area (Å²) in [5, 5.41) is 16.0. The van der Waals surface area contributed by atoms with Gasteiger partial charge in [0.15, 0.2) is 5.69 Å². The molecule has 0 aliphatic carbocycles. The molecule has 1 aromatic heterocycles. The van der Waals surface area contributed by atoms with Crippen LogP contribution in [-0.4, -0.2) is 23.2 Å². The molecule has 1 N–H and O–H groups in total. The Balaban J connectivity index is 1.97. The van der Waals surface area contributed by atoms with Gasteiger partial charge in [0.2, 0.25) is 0 Å². The highest BCUT2D eigenvalue weighted by molar-refractivity contribution is 6.07. The topological polar surface area (TPSA) is 106 Å². The van der Waals surface area contributed by atoms with Crippen LogP contribution in [0.15, 0.2) is 78.9 Å². The summed E-state index contributed by atoms with van der Waals surface area (Å²) in [6, 6.07) is 21.1. The maximum atomic E-state index is 13.4. The van der Waals surface area contributed by atoms with E-state index < -0.39 is 11.9 Å². The van der Waals surface area contributed by atoms with Crippen LogP contribution in [-0.2, 0) is 4.74 Å². The van der Waals surface area contributed by atoms with E-state index in [2.05, 4.69) is 5.32 Å². The lowest BCUT2D eigenvalue weighted by molar-refractivity contribution is -0.452. The fraction of sp³-hybridized carbons (Fsp3) is 0.0833. The van der Waals surface area contributed by atoms with Crippen molar-refractivity contribution in [3.8, 4) is 11.3 Å². The van der Waals surface area contributed by atoms with Gasteiger partial charge in [-0.1, -0.05) is 36.4 Å². The van der Waals surface area contributed by atoms with Gasteiger partial charge < -0.3 is 20.0 Å². The van der Waals surface area contributed by atoms with Crippen molar-refractivity contribution in [2.75, 3.05) is 11.9 Å². The first-order chi connectivity index (χ1) is 15.5. The van der Waals surface area contributed by atoms with E-state index in [4.69, 9.17) is 4.74 Å². The van der Waals surface area contributed by atoms with Gasteiger partial charge in [0.25, 0.3) is 17.1 Å². The third kappa shape index (κ3) is 3.81. The Morgan fingerprint density at radius 1 is 1.00 bits per heavy atom. The number of carbonyl (C=O) groups excluding carboxylic acids is 2. The van der Waals surface area contributed by atoms with Crippen LogP contribution in [0, 0.1) is 10.1 Å². The molecule has 32 heavy (non-hydrogen) atoms. The maximum absolute atomic E-state index is 13.4. The van der Waals surface area contributed by atoms with Gasteiger partial charge in [-0.3, -0.25) is 4.79 Å². The monoisotopic (exact) mass is 429 g/mol. The lowest BCUT2D eigenvalue weighted by atomic mass is 10.1. The van der Waals surface area contributed by atoms with Crippen molar-refractivity contribution < 1.29 is 18.8 Å². The second-order valence-electron chi connectivity index (χ2n) is 6.90. The molecule has 0 bridgehead atoms. The van der Waals surface area contributed by atoms with Crippen molar-refractivity contribution in [2.24, 2.45) is 0 Å². The quantitative estimate of drug-likeness (QED) is 0.381. The first-order valence-electron chi connectivity index (χ1n) is 9.93. The van der Waals surface area contributed by atoms with Crippen LogP contribution in [0.5, 0.6) is 0 Å². The van der Waals surface area contributed by atoms with Gasteiger partial charge in [0.05, 0.1) is 22.2 Å². The predicted molar refractivity (Wildman–Crippen MR) is 120 cm³/mol. The Morgan fingerprint density at radius 3 is 2.31 bits per heavy atom. The number of nitrogens with zero attached hydrogens (tertiary/aromatic N) is 2. The van der Waals surface area contributed by atoms with Gasteiger partial charge in [-0.2, -0.15) is 0 Å². The number of rotatable bonds is 5. The lowest BCUT2D eigenvalue weighted by Gasteiger charge is -2.19. The highest BCUT2D eigenvalue weighted by atomic mass is 16.5. The van der Waals surface area contributed by atoms with Gasteiger partial charge in [-0.05, 0) is 43.3 Å². The molecule has 0 aliphatic rings. The molecule has 4 aromatic rings. The first-order valence-corrected chi connectivity index (χ1v) is 9.93. The number of aromatic nitrogens is 2. The Kier molecular flexibility index (Phi) is 5.67.